The molecule has 6 nitrogen and oxygen atoms in total. The fraction of sp³-hybridized carbons (Fsp3) is 0.158. The zero-order valence-corrected chi connectivity index (χ0v) is 14.3. The molecule has 0 fully saturated rings. The van der Waals surface area contributed by atoms with E-state index in [1.54, 1.807) is 69.8 Å². The van der Waals surface area contributed by atoms with Crippen LogP contribution in [0.25, 0.3) is 6.08 Å². The summed E-state index contributed by atoms with van der Waals surface area (Å²) in [6.45, 7) is 0. The average Bonchev–Trinajstić information content (AvgIpc) is 2.66. The molecular formula is C19H20N2O4. The number of hydrogen-bond acceptors (Lipinski definition) is 4. The second kappa shape index (κ2) is 8.54. The van der Waals surface area contributed by atoms with Crippen LogP contribution < -0.4 is 20.1 Å². The molecule has 2 rings (SSSR count). The standard InChI is InChI=1S/C19H20N2O4/c1-20-19(23)14-4-8-15(9-5-14)21-18(22)11-7-13-6-10-16(24-2)12-17(13)25-3/h4-12H,1-3H3,(H,20,23)(H,21,22)/b11-7+. The van der Waals surface area contributed by atoms with Gasteiger partial charge in [0, 0.05) is 36.0 Å². The summed E-state index contributed by atoms with van der Waals surface area (Å²) in [5.41, 5.74) is 1.89. The van der Waals surface area contributed by atoms with Crippen molar-refractivity contribution in [2.24, 2.45) is 0 Å². The highest BCUT2D eigenvalue weighted by molar-refractivity contribution is 6.02. The van der Waals surface area contributed by atoms with Crippen molar-refractivity contribution in [1.29, 1.82) is 0 Å². The van der Waals surface area contributed by atoms with Crippen molar-refractivity contribution < 1.29 is 19.1 Å². The highest BCUT2D eigenvalue weighted by Crippen LogP contribution is 2.25. The van der Waals surface area contributed by atoms with E-state index in [9.17, 15) is 9.59 Å². The molecule has 2 amide bonds. The summed E-state index contributed by atoms with van der Waals surface area (Å²) < 4.78 is 10.4. The fourth-order valence-electron chi connectivity index (χ4n) is 2.15. The van der Waals surface area contributed by atoms with Crippen molar-refractivity contribution in [1.82, 2.24) is 5.32 Å². The molecule has 2 aromatic carbocycles. The topological polar surface area (TPSA) is 76.7 Å². The molecule has 0 aliphatic carbocycles. The van der Waals surface area contributed by atoms with Gasteiger partial charge in [0.1, 0.15) is 11.5 Å². The van der Waals surface area contributed by atoms with Crippen molar-refractivity contribution >= 4 is 23.6 Å². The molecule has 0 spiro atoms. The number of amides is 2. The Balaban J connectivity index is 2.04. The molecular weight excluding hydrogens is 320 g/mol. The second-order valence-electron chi connectivity index (χ2n) is 5.09. The first-order valence-corrected chi connectivity index (χ1v) is 7.60. The number of carbonyl (C=O) groups excluding carboxylic acids is 2. The first kappa shape index (κ1) is 18.1. The van der Waals surface area contributed by atoms with E-state index in [2.05, 4.69) is 10.6 Å². The molecule has 0 aliphatic rings. The number of nitrogens with one attached hydrogen (secondary N) is 2. The average molecular weight is 340 g/mol. The van der Waals surface area contributed by atoms with Gasteiger partial charge >= 0.3 is 0 Å². The van der Waals surface area contributed by atoms with Gasteiger partial charge < -0.3 is 20.1 Å². The lowest BCUT2D eigenvalue weighted by molar-refractivity contribution is -0.111. The van der Waals surface area contributed by atoms with Gasteiger partial charge in [-0.25, -0.2) is 0 Å². The Kier molecular flexibility index (Phi) is 6.17. The fourth-order valence-corrected chi connectivity index (χ4v) is 2.15. The number of anilines is 1. The van der Waals surface area contributed by atoms with Crippen molar-refractivity contribution in [2.75, 3.05) is 26.6 Å². The van der Waals surface area contributed by atoms with Gasteiger partial charge in [-0.1, -0.05) is 0 Å². The van der Waals surface area contributed by atoms with Gasteiger partial charge in [-0.15, -0.1) is 0 Å². The van der Waals surface area contributed by atoms with Crippen molar-refractivity contribution in [3.05, 3.63) is 59.7 Å². The van der Waals surface area contributed by atoms with Crippen LogP contribution >= 0.6 is 0 Å². The molecule has 2 aromatic rings. The van der Waals surface area contributed by atoms with Gasteiger partial charge in [-0.2, -0.15) is 0 Å². The molecule has 25 heavy (non-hydrogen) atoms. The summed E-state index contributed by atoms with van der Waals surface area (Å²) in [5, 5.41) is 5.27. The van der Waals surface area contributed by atoms with Gasteiger partial charge in [-0.3, -0.25) is 9.59 Å². The van der Waals surface area contributed by atoms with Gasteiger partial charge in [0.2, 0.25) is 5.91 Å². The van der Waals surface area contributed by atoms with Crippen LogP contribution in [0.4, 0.5) is 5.69 Å². The molecule has 0 radical (unpaired) electrons. The van der Waals surface area contributed by atoms with Crippen LogP contribution in [0.5, 0.6) is 11.5 Å². The minimum atomic E-state index is -0.287. The molecule has 0 atom stereocenters. The van der Waals surface area contributed by atoms with E-state index < -0.39 is 0 Å². The predicted octanol–water partition coefficient (Wildman–Crippen LogP) is 2.72. The summed E-state index contributed by atoms with van der Waals surface area (Å²) in [6, 6.07) is 12.0. The van der Waals surface area contributed by atoms with Gasteiger partial charge in [0.15, 0.2) is 0 Å². The molecule has 2 N–H and O–H groups in total. The van der Waals surface area contributed by atoms with Crippen LogP contribution in [0.2, 0.25) is 0 Å². The Morgan fingerprint density at radius 1 is 1.00 bits per heavy atom. The van der Waals surface area contributed by atoms with Crippen LogP contribution in [0.3, 0.4) is 0 Å². The smallest absolute Gasteiger partial charge is 0.251 e. The highest BCUT2D eigenvalue weighted by Gasteiger charge is 2.05. The number of ether oxygens (including phenoxy) is 2. The van der Waals surface area contributed by atoms with E-state index in [1.807, 2.05) is 0 Å². The summed E-state index contributed by atoms with van der Waals surface area (Å²) in [6.07, 6.45) is 3.07. The first-order valence-electron chi connectivity index (χ1n) is 7.60. The van der Waals surface area contributed by atoms with Gasteiger partial charge in [0.05, 0.1) is 14.2 Å². The van der Waals surface area contributed by atoms with E-state index in [-0.39, 0.29) is 11.8 Å². The summed E-state index contributed by atoms with van der Waals surface area (Å²) in [4.78, 5) is 23.5. The van der Waals surface area contributed by atoms with Crippen LogP contribution in [0, 0.1) is 0 Å². The van der Waals surface area contributed by atoms with E-state index in [0.29, 0.717) is 22.7 Å². The Labute approximate surface area is 146 Å². The predicted molar refractivity (Wildman–Crippen MR) is 97.0 cm³/mol. The Bertz CT molecular complexity index is 783. The number of methoxy groups -OCH3 is 2. The second-order valence-corrected chi connectivity index (χ2v) is 5.09. The van der Waals surface area contributed by atoms with Gasteiger partial charge in [-0.05, 0) is 42.5 Å². The molecule has 0 aliphatic heterocycles. The summed E-state index contributed by atoms with van der Waals surface area (Å²) >= 11 is 0. The summed E-state index contributed by atoms with van der Waals surface area (Å²) in [5.74, 6) is 0.822. The van der Waals surface area contributed by atoms with Crippen molar-refractivity contribution in [2.45, 2.75) is 0 Å². The Hall–Kier alpha value is -3.28. The van der Waals surface area contributed by atoms with E-state index in [0.717, 1.165) is 5.56 Å². The molecule has 0 saturated carbocycles. The maximum atomic E-state index is 12.0. The number of rotatable bonds is 6. The normalized spacial score (nSPS) is 10.4. The monoisotopic (exact) mass is 340 g/mol. The molecule has 6 heteroatoms. The Morgan fingerprint density at radius 3 is 2.32 bits per heavy atom. The third-order valence-corrected chi connectivity index (χ3v) is 3.50. The summed E-state index contributed by atoms with van der Waals surface area (Å²) in [7, 11) is 4.70. The molecule has 0 aromatic heterocycles. The van der Waals surface area contributed by atoms with Crippen molar-refractivity contribution in [3.63, 3.8) is 0 Å². The quantitative estimate of drug-likeness (QED) is 0.793. The molecule has 130 valence electrons. The zero-order chi connectivity index (χ0) is 18.2. The lowest BCUT2D eigenvalue weighted by Gasteiger charge is -2.07. The van der Waals surface area contributed by atoms with Crippen LogP contribution in [-0.4, -0.2) is 33.1 Å². The van der Waals surface area contributed by atoms with Crippen LogP contribution in [-0.2, 0) is 4.79 Å². The zero-order valence-electron chi connectivity index (χ0n) is 14.3. The number of hydrogen-bond donors (Lipinski definition) is 2. The highest BCUT2D eigenvalue weighted by atomic mass is 16.5. The van der Waals surface area contributed by atoms with Gasteiger partial charge in [0.25, 0.3) is 5.91 Å². The first-order chi connectivity index (χ1) is 12.1. The SMILES string of the molecule is CNC(=O)c1ccc(NC(=O)/C=C/c2ccc(OC)cc2OC)cc1. The lowest BCUT2D eigenvalue weighted by atomic mass is 10.1. The number of benzene rings is 2. The van der Waals surface area contributed by atoms with Crippen LogP contribution in [0.1, 0.15) is 15.9 Å². The largest absolute Gasteiger partial charge is 0.497 e. The van der Waals surface area contributed by atoms with Crippen LogP contribution in [0.15, 0.2) is 48.5 Å². The van der Waals surface area contributed by atoms with E-state index >= 15 is 0 Å². The molecule has 0 bridgehead atoms. The minimum Gasteiger partial charge on any atom is -0.497 e. The van der Waals surface area contributed by atoms with E-state index in [1.165, 1.54) is 6.08 Å². The van der Waals surface area contributed by atoms with Crippen molar-refractivity contribution in [3.8, 4) is 11.5 Å². The third kappa shape index (κ3) is 4.84. The maximum Gasteiger partial charge on any atom is 0.251 e. The minimum absolute atomic E-state index is 0.177. The Morgan fingerprint density at radius 2 is 1.72 bits per heavy atom. The molecule has 0 heterocycles. The third-order valence-electron chi connectivity index (χ3n) is 3.50. The lowest BCUT2D eigenvalue weighted by Crippen LogP contribution is -2.17. The number of carbonyl (C=O) groups is 2. The molecule has 0 unspecified atom stereocenters. The molecule has 0 saturated heterocycles. The maximum absolute atomic E-state index is 12.0. The van der Waals surface area contributed by atoms with E-state index in [4.69, 9.17) is 9.47 Å².